The van der Waals surface area contributed by atoms with E-state index in [0.717, 1.165) is 11.1 Å². The first-order valence-electron chi connectivity index (χ1n) is 8.53. The van der Waals surface area contributed by atoms with Gasteiger partial charge in [0.1, 0.15) is 0 Å². The SMILES string of the molecule is CC1=CC(=O)N(CCc2ccc(CCN3C(=O)C=C(C)C3=O)cc2)C1=O. The van der Waals surface area contributed by atoms with E-state index in [0.29, 0.717) is 37.1 Å². The van der Waals surface area contributed by atoms with E-state index in [1.54, 1.807) is 13.8 Å². The molecule has 0 aliphatic carbocycles. The molecule has 2 aliphatic rings. The molecule has 0 fully saturated rings. The summed E-state index contributed by atoms with van der Waals surface area (Å²) in [5.74, 6) is -0.966. The van der Waals surface area contributed by atoms with Crippen LogP contribution in [0.25, 0.3) is 0 Å². The molecule has 1 aromatic rings. The van der Waals surface area contributed by atoms with Crippen LogP contribution in [0.5, 0.6) is 0 Å². The van der Waals surface area contributed by atoms with Crippen LogP contribution in [-0.2, 0) is 32.0 Å². The Bertz CT molecular complexity index is 778. The zero-order chi connectivity index (χ0) is 18.8. The van der Waals surface area contributed by atoms with E-state index in [4.69, 9.17) is 0 Å². The second-order valence-corrected chi connectivity index (χ2v) is 6.56. The highest BCUT2D eigenvalue weighted by molar-refractivity contribution is 6.16. The Morgan fingerprint density at radius 1 is 0.654 bits per heavy atom. The molecule has 26 heavy (non-hydrogen) atoms. The van der Waals surface area contributed by atoms with Crippen molar-refractivity contribution in [1.29, 1.82) is 0 Å². The molecule has 134 valence electrons. The summed E-state index contributed by atoms with van der Waals surface area (Å²) < 4.78 is 0. The maximum atomic E-state index is 11.9. The maximum absolute atomic E-state index is 11.9. The van der Waals surface area contributed by atoms with E-state index in [9.17, 15) is 19.2 Å². The van der Waals surface area contributed by atoms with Crippen molar-refractivity contribution in [3.05, 3.63) is 58.7 Å². The van der Waals surface area contributed by atoms with Crippen molar-refractivity contribution >= 4 is 23.6 Å². The summed E-state index contributed by atoms with van der Waals surface area (Å²) in [5.41, 5.74) is 2.98. The van der Waals surface area contributed by atoms with E-state index in [1.165, 1.54) is 22.0 Å². The van der Waals surface area contributed by atoms with Crippen molar-refractivity contribution < 1.29 is 19.2 Å². The second-order valence-electron chi connectivity index (χ2n) is 6.56. The number of hydrogen-bond acceptors (Lipinski definition) is 4. The Morgan fingerprint density at radius 2 is 1.00 bits per heavy atom. The van der Waals surface area contributed by atoms with E-state index in [1.807, 2.05) is 24.3 Å². The second kappa shape index (κ2) is 7.07. The fraction of sp³-hybridized carbons (Fsp3) is 0.300. The van der Waals surface area contributed by atoms with Crippen molar-refractivity contribution in [3.8, 4) is 0 Å². The molecule has 0 radical (unpaired) electrons. The lowest BCUT2D eigenvalue weighted by Gasteiger charge is -2.15. The average Bonchev–Trinajstić information content (AvgIpc) is 3.00. The van der Waals surface area contributed by atoms with Gasteiger partial charge in [-0.25, -0.2) is 0 Å². The molecule has 1 aromatic carbocycles. The van der Waals surface area contributed by atoms with Crippen molar-refractivity contribution in [2.24, 2.45) is 0 Å². The van der Waals surface area contributed by atoms with Crippen LogP contribution in [0.1, 0.15) is 25.0 Å². The highest BCUT2D eigenvalue weighted by atomic mass is 16.2. The van der Waals surface area contributed by atoms with Gasteiger partial charge in [-0.05, 0) is 37.8 Å². The normalized spacial score (nSPS) is 17.3. The minimum atomic E-state index is -0.257. The van der Waals surface area contributed by atoms with Crippen LogP contribution < -0.4 is 0 Å². The molecule has 0 atom stereocenters. The first-order chi connectivity index (χ1) is 12.4. The minimum absolute atomic E-state index is 0.226. The molecule has 0 unspecified atom stereocenters. The van der Waals surface area contributed by atoms with Crippen molar-refractivity contribution in [2.75, 3.05) is 13.1 Å². The Hall–Kier alpha value is -3.02. The quantitative estimate of drug-likeness (QED) is 0.726. The van der Waals surface area contributed by atoms with Crippen LogP contribution in [0.3, 0.4) is 0 Å². The number of rotatable bonds is 6. The van der Waals surface area contributed by atoms with Crippen molar-refractivity contribution in [3.63, 3.8) is 0 Å². The molecular formula is C20H20N2O4. The van der Waals surface area contributed by atoms with Crippen molar-refractivity contribution in [1.82, 2.24) is 9.80 Å². The van der Waals surface area contributed by atoms with Gasteiger partial charge in [0.15, 0.2) is 0 Å². The molecule has 3 rings (SSSR count). The van der Waals surface area contributed by atoms with Crippen LogP contribution >= 0.6 is 0 Å². The molecule has 0 saturated carbocycles. The minimum Gasteiger partial charge on any atom is -0.275 e. The molecule has 6 heteroatoms. The molecule has 6 nitrogen and oxygen atoms in total. The first kappa shape index (κ1) is 17.8. The highest BCUT2D eigenvalue weighted by Gasteiger charge is 2.28. The predicted molar refractivity (Wildman–Crippen MR) is 94.8 cm³/mol. The molecule has 0 saturated heterocycles. The standard InChI is InChI=1S/C20H20N2O4/c1-13-11-17(23)21(19(13)25)9-7-15-3-5-16(6-4-15)8-10-22-18(24)12-14(2)20(22)26/h3-6,11-12H,7-10H2,1-2H3. The third-order valence-electron chi connectivity index (χ3n) is 4.65. The zero-order valence-corrected chi connectivity index (χ0v) is 14.8. The summed E-state index contributed by atoms with van der Waals surface area (Å²) in [7, 11) is 0. The molecular weight excluding hydrogens is 332 g/mol. The Labute approximate surface area is 151 Å². The van der Waals surface area contributed by atoms with E-state index in [-0.39, 0.29) is 23.6 Å². The van der Waals surface area contributed by atoms with Crippen LogP contribution in [-0.4, -0.2) is 46.5 Å². The fourth-order valence-corrected chi connectivity index (χ4v) is 3.05. The fourth-order valence-electron chi connectivity index (χ4n) is 3.05. The maximum Gasteiger partial charge on any atom is 0.256 e. The van der Waals surface area contributed by atoms with E-state index < -0.39 is 0 Å². The number of amides is 4. The monoisotopic (exact) mass is 352 g/mol. The number of imide groups is 2. The number of hydrogen-bond donors (Lipinski definition) is 0. The predicted octanol–water partition coefficient (Wildman–Crippen LogP) is 1.40. The molecule has 0 spiro atoms. The summed E-state index contributed by atoms with van der Waals surface area (Å²) in [6.07, 6.45) is 3.90. The van der Waals surface area contributed by atoms with Crippen LogP contribution in [0.4, 0.5) is 0 Å². The van der Waals surface area contributed by atoms with Gasteiger partial charge in [-0.3, -0.25) is 29.0 Å². The van der Waals surface area contributed by atoms with Gasteiger partial charge in [0, 0.05) is 36.4 Å². The summed E-state index contributed by atoms with van der Waals surface area (Å²) >= 11 is 0. The lowest BCUT2D eigenvalue weighted by atomic mass is 10.1. The first-order valence-corrected chi connectivity index (χ1v) is 8.53. The lowest BCUT2D eigenvalue weighted by molar-refractivity contribution is -0.138. The van der Waals surface area contributed by atoms with Gasteiger partial charge in [0.2, 0.25) is 0 Å². The molecule has 2 heterocycles. The highest BCUT2D eigenvalue weighted by Crippen LogP contribution is 2.15. The summed E-state index contributed by atoms with van der Waals surface area (Å²) in [6, 6.07) is 7.77. The van der Waals surface area contributed by atoms with Gasteiger partial charge < -0.3 is 0 Å². The number of carbonyl (C=O) groups excluding carboxylic acids is 4. The van der Waals surface area contributed by atoms with Crippen LogP contribution in [0.2, 0.25) is 0 Å². The molecule has 0 aromatic heterocycles. The average molecular weight is 352 g/mol. The number of carbonyl (C=O) groups is 4. The topological polar surface area (TPSA) is 74.8 Å². The van der Waals surface area contributed by atoms with Gasteiger partial charge in [-0.15, -0.1) is 0 Å². The number of nitrogens with zero attached hydrogens (tertiary/aromatic N) is 2. The Balaban J connectivity index is 1.51. The zero-order valence-electron chi connectivity index (χ0n) is 14.8. The summed E-state index contributed by atoms with van der Waals surface area (Å²) in [6.45, 7) is 3.99. The number of benzene rings is 1. The lowest BCUT2D eigenvalue weighted by Crippen LogP contribution is -2.33. The van der Waals surface area contributed by atoms with Gasteiger partial charge in [0.25, 0.3) is 23.6 Å². The van der Waals surface area contributed by atoms with E-state index >= 15 is 0 Å². The Kier molecular flexibility index (Phi) is 4.84. The summed E-state index contributed by atoms with van der Waals surface area (Å²) in [5, 5.41) is 0. The molecule has 4 amide bonds. The largest absolute Gasteiger partial charge is 0.275 e. The van der Waals surface area contributed by atoms with Crippen LogP contribution in [0.15, 0.2) is 47.6 Å². The van der Waals surface area contributed by atoms with Gasteiger partial charge in [-0.1, -0.05) is 24.3 Å². The molecule has 0 bridgehead atoms. The smallest absolute Gasteiger partial charge is 0.256 e. The van der Waals surface area contributed by atoms with Gasteiger partial charge in [0.05, 0.1) is 0 Å². The van der Waals surface area contributed by atoms with Gasteiger partial charge >= 0.3 is 0 Å². The molecule has 2 aliphatic heterocycles. The molecule has 0 N–H and O–H groups in total. The third-order valence-corrected chi connectivity index (χ3v) is 4.65. The summed E-state index contributed by atoms with van der Waals surface area (Å²) in [4.78, 5) is 49.7. The van der Waals surface area contributed by atoms with Gasteiger partial charge in [-0.2, -0.15) is 0 Å². The van der Waals surface area contributed by atoms with E-state index in [2.05, 4.69) is 0 Å². The van der Waals surface area contributed by atoms with Crippen LogP contribution in [0, 0.1) is 0 Å². The van der Waals surface area contributed by atoms with Crippen molar-refractivity contribution in [2.45, 2.75) is 26.7 Å². The third kappa shape index (κ3) is 3.49. The Morgan fingerprint density at radius 3 is 1.27 bits per heavy atom.